The lowest BCUT2D eigenvalue weighted by Crippen LogP contribution is -2.24. The zero-order valence-electron chi connectivity index (χ0n) is 13.8. The van der Waals surface area contributed by atoms with E-state index in [1.54, 1.807) is 18.9 Å². The van der Waals surface area contributed by atoms with Crippen LogP contribution >= 0.6 is 11.8 Å². The number of aliphatic imine (C=N–C) groups is 1. The molecule has 5 heteroatoms. The first-order valence-electron chi connectivity index (χ1n) is 7.72. The van der Waals surface area contributed by atoms with Crippen LogP contribution in [0.5, 0.6) is 5.75 Å². The van der Waals surface area contributed by atoms with Crippen LogP contribution in [-0.4, -0.2) is 12.3 Å². The number of thioether (sulfide) groups is 1. The van der Waals surface area contributed by atoms with Crippen molar-refractivity contribution in [2.45, 2.75) is 5.75 Å². The van der Waals surface area contributed by atoms with E-state index >= 15 is 0 Å². The fourth-order valence-electron chi connectivity index (χ4n) is 2.39. The first kappa shape index (κ1) is 16.9. The van der Waals surface area contributed by atoms with E-state index in [2.05, 4.69) is 35.1 Å². The third-order valence-electron chi connectivity index (χ3n) is 3.70. The Balaban J connectivity index is 1.88. The SMILES string of the molecule is C=C1NC(SCc2ccccc2)=NC(c2ccc(OC)cc2)=C1C#N. The van der Waals surface area contributed by atoms with Crippen LogP contribution < -0.4 is 10.1 Å². The Morgan fingerprint density at radius 3 is 2.52 bits per heavy atom. The van der Waals surface area contributed by atoms with Gasteiger partial charge in [0.05, 0.1) is 18.5 Å². The van der Waals surface area contributed by atoms with E-state index in [0.29, 0.717) is 17.0 Å². The van der Waals surface area contributed by atoms with Crippen molar-refractivity contribution in [3.8, 4) is 11.8 Å². The molecular formula is C20H17N3OS. The van der Waals surface area contributed by atoms with Gasteiger partial charge < -0.3 is 10.1 Å². The van der Waals surface area contributed by atoms with Crippen molar-refractivity contribution in [2.75, 3.05) is 7.11 Å². The molecule has 0 fully saturated rings. The molecule has 25 heavy (non-hydrogen) atoms. The standard InChI is InChI=1S/C20H17N3OS/c1-14-18(12-21)19(16-8-10-17(24-2)11-9-16)23-20(22-14)25-13-15-6-4-3-5-7-15/h3-11H,1,13H2,2H3,(H,22,23). The Kier molecular flexibility index (Phi) is 5.22. The van der Waals surface area contributed by atoms with Crippen molar-refractivity contribution in [2.24, 2.45) is 4.99 Å². The summed E-state index contributed by atoms with van der Waals surface area (Å²) in [6.45, 7) is 3.97. The van der Waals surface area contributed by atoms with Gasteiger partial charge >= 0.3 is 0 Å². The molecule has 124 valence electrons. The van der Waals surface area contributed by atoms with Gasteiger partial charge in [0.25, 0.3) is 0 Å². The van der Waals surface area contributed by atoms with Gasteiger partial charge in [0.15, 0.2) is 5.17 Å². The Bertz CT molecular complexity index is 877. The number of amidine groups is 1. The van der Waals surface area contributed by atoms with Crippen molar-refractivity contribution in [1.82, 2.24) is 5.32 Å². The largest absolute Gasteiger partial charge is 0.497 e. The summed E-state index contributed by atoms with van der Waals surface area (Å²) in [5.74, 6) is 1.55. The number of allylic oxidation sites excluding steroid dienone is 1. The lowest BCUT2D eigenvalue weighted by Gasteiger charge is -2.19. The molecule has 0 radical (unpaired) electrons. The molecule has 1 N–H and O–H groups in total. The van der Waals surface area contributed by atoms with E-state index in [1.807, 2.05) is 42.5 Å². The molecule has 0 aliphatic carbocycles. The molecule has 0 unspecified atom stereocenters. The second-order valence-electron chi connectivity index (χ2n) is 5.36. The van der Waals surface area contributed by atoms with Crippen LogP contribution in [-0.2, 0) is 5.75 Å². The summed E-state index contributed by atoms with van der Waals surface area (Å²) < 4.78 is 5.19. The average Bonchev–Trinajstić information content (AvgIpc) is 2.67. The van der Waals surface area contributed by atoms with Crippen LogP contribution in [0, 0.1) is 11.3 Å². The van der Waals surface area contributed by atoms with Gasteiger partial charge in [-0.2, -0.15) is 5.26 Å². The summed E-state index contributed by atoms with van der Waals surface area (Å²) >= 11 is 1.58. The number of nitriles is 1. The van der Waals surface area contributed by atoms with Crippen molar-refractivity contribution in [3.05, 3.63) is 83.6 Å². The monoisotopic (exact) mass is 347 g/mol. The summed E-state index contributed by atoms with van der Waals surface area (Å²) in [5, 5.41) is 13.3. The fraction of sp³-hybridized carbons (Fsp3) is 0.100. The van der Waals surface area contributed by atoms with Gasteiger partial charge in [0.2, 0.25) is 0 Å². The smallest absolute Gasteiger partial charge is 0.166 e. The van der Waals surface area contributed by atoms with Crippen molar-refractivity contribution in [1.29, 1.82) is 5.26 Å². The number of benzene rings is 2. The normalized spacial score (nSPS) is 13.8. The molecule has 1 aliphatic heterocycles. The van der Waals surface area contributed by atoms with Crippen LogP contribution in [0.4, 0.5) is 0 Å². The van der Waals surface area contributed by atoms with Crippen LogP contribution in [0.15, 0.2) is 77.4 Å². The van der Waals surface area contributed by atoms with E-state index < -0.39 is 0 Å². The molecule has 0 bridgehead atoms. The molecule has 1 aliphatic rings. The van der Waals surface area contributed by atoms with Gasteiger partial charge in [0, 0.05) is 11.3 Å². The lowest BCUT2D eigenvalue weighted by molar-refractivity contribution is 0.415. The van der Waals surface area contributed by atoms with Gasteiger partial charge in [-0.15, -0.1) is 0 Å². The summed E-state index contributed by atoms with van der Waals surface area (Å²) in [6, 6.07) is 19.9. The molecular weight excluding hydrogens is 330 g/mol. The Morgan fingerprint density at radius 1 is 1.16 bits per heavy atom. The summed E-state index contributed by atoms with van der Waals surface area (Å²) in [4.78, 5) is 4.65. The van der Waals surface area contributed by atoms with Crippen LogP contribution in [0.25, 0.3) is 5.70 Å². The molecule has 2 aromatic rings. The van der Waals surface area contributed by atoms with Gasteiger partial charge in [-0.1, -0.05) is 48.7 Å². The predicted octanol–water partition coefficient (Wildman–Crippen LogP) is 4.34. The molecule has 0 aromatic heterocycles. The molecule has 0 amide bonds. The quantitative estimate of drug-likeness (QED) is 0.894. The molecule has 3 rings (SSSR count). The van der Waals surface area contributed by atoms with Crippen molar-refractivity contribution < 1.29 is 4.74 Å². The van der Waals surface area contributed by atoms with Crippen molar-refractivity contribution in [3.63, 3.8) is 0 Å². The number of methoxy groups -OCH3 is 1. The number of nitrogens with zero attached hydrogens (tertiary/aromatic N) is 2. The third-order valence-corrected chi connectivity index (χ3v) is 4.65. The second kappa shape index (κ2) is 7.73. The predicted molar refractivity (Wildman–Crippen MR) is 103 cm³/mol. The highest BCUT2D eigenvalue weighted by Gasteiger charge is 2.19. The van der Waals surface area contributed by atoms with Gasteiger partial charge in [-0.25, -0.2) is 4.99 Å². The summed E-state index contributed by atoms with van der Waals surface area (Å²) in [7, 11) is 1.62. The van der Waals surface area contributed by atoms with Gasteiger partial charge in [-0.3, -0.25) is 0 Å². The van der Waals surface area contributed by atoms with Crippen LogP contribution in [0.1, 0.15) is 11.1 Å². The molecule has 0 atom stereocenters. The molecule has 2 aromatic carbocycles. The van der Waals surface area contributed by atoms with E-state index in [9.17, 15) is 5.26 Å². The minimum absolute atomic E-state index is 0.453. The highest BCUT2D eigenvalue weighted by Crippen LogP contribution is 2.30. The maximum atomic E-state index is 9.48. The van der Waals surface area contributed by atoms with E-state index in [4.69, 9.17) is 4.74 Å². The van der Waals surface area contributed by atoms with E-state index in [1.165, 1.54) is 5.56 Å². The van der Waals surface area contributed by atoms with Gasteiger partial charge in [-0.05, 0) is 29.8 Å². The maximum Gasteiger partial charge on any atom is 0.166 e. The third kappa shape index (κ3) is 3.93. The first-order valence-corrected chi connectivity index (χ1v) is 8.70. The fourth-order valence-corrected chi connectivity index (χ4v) is 3.24. The summed E-state index contributed by atoms with van der Waals surface area (Å²) in [6.07, 6.45) is 0. The number of rotatable bonds is 4. The highest BCUT2D eigenvalue weighted by atomic mass is 32.2. The average molecular weight is 347 g/mol. The van der Waals surface area contributed by atoms with E-state index in [0.717, 1.165) is 22.2 Å². The molecule has 0 saturated carbocycles. The number of ether oxygens (including phenoxy) is 1. The topological polar surface area (TPSA) is 57.4 Å². The molecule has 4 nitrogen and oxygen atoms in total. The van der Waals surface area contributed by atoms with Crippen molar-refractivity contribution >= 4 is 22.6 Å². The molecule has 1 heterocycles. The van der Waals surface area contributed by atoms with Crippen LogP contribution in [0.3, 0.4) is 0 Å². The number of hydrogen-bond donors (Lipinski definition) is 1. The Labute approximate surface area is 151 Å². The summed E-state index contributed by atoms with van der Waals surface area (Å²) in [5.41, 5.74) is 3.72. The van der Waals surface area contributed by atoms with E-state index in [-0.39, 0.29) is 0 Å². The number of hydrogen-bond acceptors (Lipinski definition) is 5. The minimum Gasteiger partial charge on any atom is -0.497 e. The number of nitrogens with one attached hydrogen (secondary N) is 1. The zero-order valence-corrected chi connectivity index (χ0v) is 14.6. The lowest BCUT2D eigenvalue weighted by atomic mass is 10.0. The molecule has 0 spiro atoms. The Morgan fingerprint density at radius 2 is 1.88 bits per heavy atom. The van der Waals surface area contributed by atoms with Gasteiger partial charge in [0.1, 0.15) is 17.4 Å². The zero-order chi connectivity index (χ0) is 17.6. The maximum absolute atomic E-state index is 9.48. The highest BCUT2D eigenvalue weighted by molar-refractivity contribution is 8.13. The molecule has 0 saturated heterocycles. The minimum atomic E-state index is 0.453. The first-order chi connectivity index (χ1) is 12.2. The Hall–Kier alpha value is -2.97. The van der Waals surface area contributed by atoms with Crippen LogP contribution in [0.2, 0.25) is 0 Å². The second-order valence-corrected chi connectivity index (χ2v) is 6.32.